The molecule has 100 valence electrons. The molecule has 1 aliphatic rings. The van der Waals surface area contributed by atoms with Crippen molar-refractivity contribution in [3.05, 3.63) is 12.4 Å². The van der Waals surface area contributed by atoms with Crippen molar-refractivity contribution < 1.29 is 0 Å². The van der Waals surface area contributed by atoms with Crippen LogP contribution in [-0.4, -0.2) is 42.2 Å². The van der Waals surface area contributed by atoms with Gasteiger partial charge in [0.05, 0.1) is 0 Å². The first-order valence-corrected chi connectivity index (χ1v) is 6.82. The largest absolute Gasteiger partial charge is 0.357 e. The number of rotatable bonds is 4. The van der Waals surface area contributed by atoms with Crippen molar-refractivity contribution in [1.82, 2.24) is 9.97 Å². The highest BCUT2D eigenvalue weighted by molar-refractivity contribution is 5.50. The van der Waals surface area contributed by atoms with E-state index in [0.717, 1.165) is 50.7 Å². The topological polar surface area (TPSA) is 58.3 Å². The molecule has 5 nitrogen and oxygen atoms in total. The van der Waals surface area contributed by atoms with Gasteiger partial charge in [-0.2, -0.15) is 0 Å². The Morgan fingerprint density at radius 3 is 2.56 bits per heavy atom. The Bertz CT molecular complexity index is 369. The van der Waals surface area contributed by atoms with Gasteiger partial charge in [0, 0.05) is 38.3 Å². The van der Waals surface area contributed by atoms with Crippen LogP contribution in [0.5, 0.6) is 0 Å². The van der Waals surface area contributed by atoms with E-state index >= 15 is 0 Å². The SMILES string of the molecule is CCN(CC)c1cc(N2CCC(N)CC2)ncn1. The number of hydrogen-bond acceptors (Lipinski definition) is 5. The van der Waals surface area contributed by atoms with Gasteiger partial charge in [0.1, 0.15) is 18.0 Å². The molecule has 18 heavy (non-hydrogen) atoms. The lowest BCUT2D eigenvalue weighted by atomic mass is 10.1. The fourth-order valence-corrected chi connectivity index (χ4v) is 2.36. The Labute approximate surface area is 109 Å². The lowest BCUT2D eigenvalue weighted by molar-refractivity contribution is 0.498. The molecule has 0 aromatic carbocycles. The lowest BCUT2D eigenvalue weighted by Crippen LogP contribution is -2.40. The highest BCUT2D eigenvalue weighted by atomic mass is 15.2. The maximum absolute atomic E-state index is 5.93. The highest BCUT2D eigenvalue weighted by Gasteiger charge is 2.18. The van der Waals surface area contributed by atoms with Crippen LogP contribution in [0, 0.1) is 0 Å². The van der Waals surface area contributed by atoms with E-state index in [4.69, 9.17) is 5.73 Å². The number of hydrogen-bond donors (Lipinski definition) is 1. The third kappa shape index (κ3) is 2.90. The molecule has 0 amide bonds. The predicted octanol–water partition coefficient (Wildman–Crippen LogP) is 1.25. The van der Waals surface area contributed by atoms with Crippen LogP contribution in [0.2, 0.25) is 0 Å². The van der Waals surface area contributed by atoms with E-state index in [1.54, 1.807) is 6.33 Å². The number of anilines is 2. The summed E-state index contributed by atoms with van der Waals surface area (Å²) >= 11 is 0. The quantitative estimate of drug-likeness (QED) is 0.870. The molecule has 2 heterocycles. The van der Waals surface area contributed by atoms with Crippen LogP contribution in [0.1, 0.15) is 26.7 Å². The summed E-state index contributed by atoms with van der Waals surface area (Å²) in [7, 11) is 0. The maximum atomic E-state index is 5.93. The zero-order valence-corrected chi connectivity index (χ0v) is 11.3. The van der Waals surface area contributed by atoms with Crippen molar-refractivity contribution in [2.24, 2.45) is 5.73 Å². The smallest absolute Gasteiger partial charge is 0.134 e. The molecule has 2 N–H and O–H groups in total. The van der Waals surface area contributed by atoms with Gasteiger partial charge in [0.25, 0.3) is 0 Å². The molecule has 1 aromatic rings. The van der Waals surface area contributed by atoms with Gasteiger partial charge >= 0.3 is 0 Å². The molecule has 0 bridgehead atoms. The normalized spacial score (nSPS) is 16.9. The van der Waals surface area contributed by atoms with E-state index < -0.39 is 0 Å². The minimum absolute atomic E-state index is 0.352. The summed E-state index contributed by atoms with van der Waals surface area (Å²) in [4.78, 5) is 13.3. The Morgan fingerprint density at radius 1 is 1.28 bits per heavy atom. The van der Waals surface area contributed by atoms with Gasteiger partial charge in [0.2, 0.25) is 0 Å². The Morgan fingerprint density at radius 2 is 1.94 bits per heavy atom. The van der Waals surface area contributed by atoms with Gasteiger partial charge in [-0.1, -0.05) is 0 Å². The first-order chi connectivity index (χ1) is 8.74. The molecule has 1 saturated heterocycles. The molecule has 0 atom stereocenters. The van der Waals surface area contributed by atoms with Crippen LogP contribution >= 0.6 is 0 Å². The molecule has 1 aliphatic heterocycles. The monoisotopic (exact) mass is 249 g/mol. The van der Waals surface area contributed by atoms with Crippen LogP contribution in [-0.2, 0) is 0 Å². The van der Waals surface area contributed by atoms with Crippen molar-refractivity contribution >= 4 is 11.6 Å². The summed E-state index contributed by atoms with van der Waals surface area (Å²) in [6, 6.07) is 2.44. The van der Waals surface area contributed by atoms with Gasteiger partial charge in [-0.05, 0) is 26.7 Å². The van der Waals surface area contributed by atoms with Crippen molar-refractivity contribution in [3.8, 4) is 0 Å². The minimum atomic E-state index is 0.352. The van der Waals surface area contributed by atoms with Gasteiger partial charge < -0.3 is 15.5 Å². The van der Waals surface area contributed by atoms with E-state index in [0.29, 0.717) is 6.04 Å². The summed E-state index contributed by atoms with van der Waals surface area (Å²) in [6.07, 6.45) is 3.76. The summed E-state index contributed by atoms with van der Waals surface area (Å²) < 4.78 is 0. The minimum Gasteiger partial charge on any atom is -0.357 e. The number of aromatic nitrogens is 2. The van der Waals surface area contributed by atoms with Crippen molar-refractivity contribution in [1.29, 1.82) is 0 Å². The Hall–Kier alpha value is -1.36. The molecule has 2 rings (SSSR count). The predicted molar refractivity (Wildman–Crippen MR) is 75.0 cm³/mol. The molecular weight excluding hydrogens is 226 g/mol. The van der Waals surface area contributed by atoms with E-state index in [1.165, 1.54) is 0 Å². The zero-order valence-electron chi connectivity index (χ0n) is 11.3. The van der Waals surface area contributed by atoms with E-state index in [2.05, 4.69) is 39.7 Å². The standard InChI is InChI=1S/C13H23N5/c1-3-17(4-2)12-9-13(16-10-15-12)18-7-5-11(14)6-8-18/h9-11H,3-8,14H2,1-2H3. The molecule has 1 fully saturated rings. The maximum Gasteiger partial charge on any atom is 0.134 e. The van der Waals surface area contributed by atoms with E-state index in [9.17, 15) is 0 Å². The van der Waals surface area contributed by atoms with E-state index in [-0.39, 0.29) is 0 Å². The molecule has 0 aliphatic carbocycles. The van der Waals surface area contributed by atoms with Crippen LogP contribution in [0.4, 0.5) is 11.6 Å². The second-order valence-electron chi connectivity index (χ2n) is 4.73. The molecule has 1 aromatic heterocycles. The average molecular weight is 249 g/mol. The lowest BCUT2D eigenvalue weighted by Gasteiger charge is -2.31. The number of piperidine rings is 1. The summed E-state index contributed by atoms with van der Waals surface area (Å²) in [5, 5.41) is 0. The first-order valence-electron chi connectivity index (χ1n) is 6.82. The molecule has 0 saturated carbocycles. The third-order valence-corrected chi connectivity index (χ3v) is 3.59. The first kappa shape index (κ1) is 13.1. The molecule has 0 spiro atoms. The molecule has 0 unspecified atom stereocenters. The summed E-state index contributed by atoms with van der Waals surface area (Å²) in [5.74, 6) is 2.04. The van der Waals surface area contributed by atoms with E-state index in [1.807, 2.05) is 0 Å². The van der Waals surface area contributed by atoms with Gasteiger partial charge in [-0.25, -0.2) is 9.97 Å². The fraction of sp³-hybridized carbons (Fsp3) is 0.692. The number of nitrogens with two attached hydrogens (primary N) is 1. The fourth-order valence-electron chi connectivity index (χ4n) is 2.36. The second-order valence-corrected chi connectivity index (χ2v) is 4.73. The average Bonchev–Trinajstić information content (AvgIpc) is 2.41. The zero-order chi connectivity index (χ0) is 13.0. The van der Waals surface area contributed by atoms with Gasteiger partial charge in [-0.3, -0.25) is 0 Å². The van der Waals surface area contributed by atoms with Crippen molar-refractivity contribution in [3.63, 3.8) is 0 Å². The van der Waals surface area contributed by atoms with Crippen molar-refractivity contribution in [2.45, 2.75) is 32.7 Å². The van der Waals surface area contributed by atoms with Crippen molar-refractivity contribution in [2.75, 3.05) is 36.0 Å². The second kappa shape index (κ2) is 6.00. The molecule has 0 radical (unpaired) electrons. The molecular formula is C13H23N5. The van der Waals surface area contributed by atoms with Crippen LogP contribution in [0.15, 0.2) is 12.4 Å². The van der Waals surface area contributed by atoms with Gasteiger partial charge in [-0.15, -0.1) is 0 Å². The Kier molecular flexibility index (Phi) is 4.36. The van der Waals surface area contributed by atoms with Gasteiger partial charge in [0.15, 0.2) is 0 Å². The Balaban J connectivity index is 2.11. The molecule has 5 heteroatoms. The van der Waals surface area contributed by atoms with Crippen LogP contribution in [0.3, 0.4) is 0 Å². The number of nitrogens with zero attached hydrogens (tertiary/aromatic N) is 4. The highest BCUT2D eigenvalue weighted by Crippen LogP contribution is 2.20. The summed E-state index contributed by atoms with van der Waals surface area (Å²) in [5.41, 5.74) is 5.93. The van der Waals surface area contributed by atoms with Crippen LogP contribution in [0.25, 0.3) is 0 Å². The van der Waals surface area contributed by atoms with Crippen LogP contribution < -0.4 is 15.5 Å². The summed E-state index contributed by atoms with van der Waals surface area (Å²) in [6.45, 7) is 8.22. The third-order valence-electron chi connectivity index (χ3n) is 3.59.